The number of aliphatic hydroxyl groups is 1. The van der Waals surface area contributed by atoms with Crippen LogP contribution in [-0.2, 0) is 25.8 Å². The minimum Gasteiger partial charge on any atom is -0.463 e. The van der Waals surface area contributed by atoms with E-state index < -0.39 is 52.6 Å². The fourth-order valence-corrected chi connectivity index (χ4v) is 8.85. The number of carbonyl (C=O) groups excluding carboxylic acids is 4. The van der Waals surface area contributed by atoms with Crippen LogP contribution in [0.1, 0.15) is 37.2 Å². The van der Waals surface area contributed by atoms with E-state index in [1.807, 2.05) is 49.3 Å². The Labute approximate surface area is 309 Å². The Morgan fingerprint density at radius 3 is 2.15 bits per heavy atom. The maximum absolute atomic E-state index is 14.5. The highest BCUT2D eigenvalue weighted by molar-refractivity contribution is 6.32. The van der Waals surface area contributed by atoms with Gasteiger partial charge in [0.25, 0.3) is 0 Å². The molecule has 270 valence electrons. The second kappa shape index (κ2) is 12.9. The molecule has 4 aliphatic rings. The molecule has 2 saturated heterocycles. The van der Waals surface area contributed by atoms with E-state index in [2.05, 4.69) is 10.2 Å². The summed E-state index contributed by atoms with van der Waals surface area (Å²) in [4.78, 5) is 61.4. The molecular weight excluding hydrogens is 701 g/mol. The van der Waals surface area contributed by atoms with Crippen LogP contribution in [0.3, 0.4) is 0 Å². The van der Waals surface area contributed by atoms with Crippen LogP contribution < -0.4 is 14.7 Å². The fraction of sp³-hybridized carbons (Fsp3) is 0.300. The third-order valence-electron chi connectivity index (χ3n) is 11.3. The number of azo groups is 1. The lowest BCUT2D eigenvalue weighted by atomic mass is 9.52. The third-order valence-corrected chi connectivity index (χ3v) is 11.6. The molecular formula is C40H35ClFN5O6. The number of hydrogen-bond acceptors (Lipinski definition) is 9. The van der Waals surface area contributed by atoms with E-state index in [4.69, 9.17) is 16.0 Å². The van der Waals surface area contributed by atoms with E-state index in [0.717, 1.165) is 22.2 Å². The van der Waals surface area contributed by atoms with Crippen molar-refractivity contribution in [1.82, 2.24) is 0 Å². The van der Waals surface area contributed by atoms with Gasteiger partial charge in [-0.05, 0) is 105 Å². The molecule has 1 aromatic heterocycles. The van der Waals surface area contributed by atoms with Crippen molar-refractivity contribution < 1.29 is 33.1 Å². The predicted molar refractivity (Wildman–Crippen MR) is 195 cm³/mol. The van der Waals surface area contributed by atoms with Crippen molar-refractivity contribution in [3.8, 4) is 0 Å². The maximum atomic E-state index is 14.5. The highest BCUT2D eigenvalue weighted by Gasteiger charge is 2.68. The summed E-state index contributed by atoms with van der Waals surface area (Å²) in [5.74, 6) is -5.52. The fourth-order valence-electron chi connectivity index (χ4n) is 8.68. The van der Waals surface area contributed by atoms with Crippen LogP contribution in [0.2, 0.25) is 5.02 Å². The van der Waals surface area contributed by atoms with Crippen LogP contribution in [0, 0.1) is 34.9 Å². The number of amides is 4. The number of furan rings is 1. The van der Waals surface area contributed by atoms with Crippen molar-refractivity contribution in [1.29, 1.82) is 0 Å². The van der Waals surface area contributed by atoms with Gasteiger partial charge in [0.2, 0.25) is 23.6 Å². The lowest BCUT2D eigenvalue weighted by Crippen LogP contribution is -2.48. The number of halogens is 2. The van der Waals surface area contributed by atoms with Crippen molar-refractivity contribution in [2.24, 2.45) is 39.3 Å². The van der Waals surface area contributed by atoms with E-state index >= 15 is 0 Å². The average molecular weight is 736 g/mol. The van der Waals surface area contributed by atoms with Gasteiger partial charge in [-0.15, -0.1) is 0 Å². The molecule has 1 N–H and O–H groups in total. The number of fused-ring (bicyclic) bond motifs is 4. The number of carbonyl (C=O) groups is 4. The van der Waals surface area contributed by atoms with Crippen LogP contribution in [0.25, 0.3) is 0 Å². The first-order chi connectivity index (χ1) is 25.4. The quantitative estimate of drug-likeness (QED) is 0.118. The number of allylic oxidation sites excluding steroid dienone is 2. The Bertz CT molecular complexity index is 2230. The van der Waals surface area contributed by atoms with E-state index in [1.54, 1.807) is 43.3 Å². The predicted octanol–water partition coefficient (Wildman–Crippen LogP) is 7.48. The zero-order chi connectivity index (χ0) is 37.3. The van der Waals surface area contributed by atoms with Gasteiger partial charge >= 0.3 is 0 Å². The molecule has 1 saturated carbocycles. The molecule has 0 radical (unpaired) electrons. The second-order valence-corrected chi connectivity index (χ2v) is 14.8. The standard InChI is InChI=1S/C40H35ClFN5O6/c1-40-30(37(50)47(39(40)52)25-12-16-32(42)31(41)18-25)19-29-27(35(40)33-17-13-26(20-48)53-33)14-15-28-34(29)38(51)46(36(28)49)24-10-6-22(7-11-24)44-43-21-4-8-23(9-5-21)45(2)3/h4-14,16-18,28-30,34-35,48H,15,19-20H2,1-3H3. The lowest BCUT2D eigenvalue weighted by Gasteiger charge is -2.48. The Hall–Kier alpha value is -5.46. The monoisotopic (exact) mass is 735 g/mol. The van der Waals surface area contributed by atoms with E-state index in [9.17, 15) is 28.7 Å². The highest BCUT2D eigenvalue weighted by atomic mass is 35.5. The van der Waals surface area contributed by atoms with Crippen molar-refractivity contribution >= 4 is 63.7 Å². The molecule has 2 aliphatic heterocycles. The first kappa shape index (κ1) is 34.6. The first-order valence-corrected chi connectivity index (χ1v) is 17.7. The van der Waals surface area contributed by atoms with Gasteiger partial charge < -0.3 is 14.4 Å². The second-order valence-electron chi connectivity index (χ2n) is 14.4. The van der Waals surface area contributed by atoms with Gasteiger partial charge in [0.05, 0.1) is 56.9 Å². The van der Waals surface area contributed by atoms with Crippen molar-refractivity contribution in [2.75, 3.05) is 28.8 Å². The molecule has 4 amide bonds. The summed E-state index contributed by atoms with van der Waals surface area (Å²) in [7, 11) is 3.91. The molecule has 3 fully saturated rings. The minimum atomic E-state index is -1.36. The highest BCUT2D eigenvalue weighted by Crippen LogP contribution is 2.64. The van der Waals surface area contributed by atoms with Crippen LogP contribution in [0.5, 0.6) is 0 Å². The van der Waals surface area contributed by atoms with Crippen LogP contribution in [-0.4, -0.2) is 42.8 Å². The zero-order valence-electron chi connectivity index (χ0n) is 29.1. The maximum Gasteiger partial charge on any atom is 0.241 e. The number of benzene rings is 3. The Morgan fingerprint density at radius 2 is 1.53 bits per heavy atom. The third kappa shape index (κ3) is 5.42. The molecule has 6 unspecified atom stereocenters. The van der Waals surface area contributed by atoms with Gasteiger partial charge in [0, 0.05) is 19.8 Å². The molecule has 11 nitrogen and oxygen atoms in total. The number of aliphatic hydroxyl groups excluding tert-OH is 1. The molecule has 0 spiro atoms. The summed E-state index contributed by atoms with van der Waals surface area (Å²) in [6.07, 6.45) is 2.30. The number of hydrogen-bond donors (Lipinski definition) is 1. The summed E-state index contributed by atoms with van der Waals surface area (Å²) in [5.41, 5.74) is 2.15. The Morgan fingerprint density at radius 1 is 0.868 bits per heavy atom. The molecule has 13 heteroatoms. The normalized spacial score (nSPS) is 26.6. The molecule has 2 aliphatic carbocycles. The van der Waals surface area contributed by atoms with Crippen molar-refractivity contribution in [2.45, 2.75) is 32.3 Å². The van der Waals surface area contributed by atoms with Gasteiger partial charge in [0.15, 0.2) is 0 Å². The largest absolute Gasteiger partial charge is 0.463 e. The number of rotatable bonds is 7. The number of anilines is 3. The summed E-state index contributed by atoms with van der Waals surface area (Å²) in [5, 5.41) is 18.2. The average Bonchev–Trinajstić information content (AvgIpc) is 3.78. The van der Waals surface area contributed by atoms with Crippen LogP contribution in [0.4, 0.5) is 32.8 Å². The SMILES string of the molecule is CN(C)c1ccc(N=Nc2ccc(N3C(=O)C4CC=C5C(CC6C(=O)N(c7ccc(F)c(Cl)c7)C(=O)C6(C)C5c5ccc(CO)o5)C4C3=O)cc2)cc1. The van der Waals surface area contributed by atoms with Crippen LogP contribution in [0.15, 0.2) is 105 Å². The molecule has 3 aromatic carbocycles. The van der Waals surface area contributed by atoms with Gasteiger partial charge in [-0.25, -0.2) is 9.29 Å². The van der Waals surface area contributed by atoms with Crippen molar-refractivity contribution in [3.05, 3.63) is 113 Å². The molecule has 0 bridgehead atoms. The van der Waals surface area contributed by atoms with Gasteiger partial charge in [0.1, 0.15) is 23.9 Å². The topological polar surface area (TPSA) is 136 Å². The molecule has 4 aromatic rings. The smallest absolute Gasteiger partial charge is 0.241 e. The Kier molecular flexibility index (Phi) is 8.42. The molecule has 6 atom stereocenters. The van der Waals surface area contributed by atoms with E-state index in [-0.39, 0.29) is 47.7 Å². The molecule has 3 heterocycles. The lowest BCUT2D eigenvalue weighted by molar-refractivity contribution is -0.131. The van der Waals surface area contributed by atoms with Crippen LogP contribution >= 0.6 is 11.6 Å². The van der Waals surface area contributed by atoms with Crippen molar-refractivity contribution in [3.63, 3.8) is 0 Å². The van der Waals surface area contributed by atoms with Gasteiger partial charge in [-0.2, -0.15) is 10.2 Å². The summed E-state index contributed by atoms with van der Waals surface area (Å²) in [6, 6.07) is 21.3. The minimum absolute atomic E-state index is 0.130. The Balaban J connectivity index is 1.11. The molecule has 53 heavy (non-hydrogen) atoms. The zero-order valence-corrected chi connectivity index (χ0v) is 29.8. The molecule has 8 rings (SSSR count). The van der Waals surface area contributed by atoms with Gasteiger partial charge in [-0.3, -0.25) is 24.1 Å². The van der Waals surface area contributed by atoms with E-state index in [0.29, 0.717) is 22.8 Å². The number of imide groups is 2. The summed E-state index contributed by atoms with van der Waals surface area (Å²) < 4.78 is 20.2. The van der Waals surface area contributed by atoms with Gasteiger partial charge in [-0.1, -0.05) is 23.3 Å². The summed E-state index contributed by atoms with van der Waals surface area (Å²) >= 11 is 6.08. The summed E-state index contributed by atoms with van der Waals surface area (Å²) in [6.45, 7) is 1.34. The first-order valence-electron chi connectivity index (χ1n) is 17.3. The number of nitrogens with zero attached hydrogens (tertiary/aromatic N) is 5. The van der Waals surface area contributed by atoms with E-state index in [1.165, 1.54) is 17.0 Å².